The highest BCUT2D eigenvalue weighted by molar-refractivity contribution is 5.32. The van der Waals surface area contributed by atoms with Gasteiger partial charge in [0.1, 0.15) is 11.5 Å². The van der Waals surface area contributed by atoms with Crippen LogP contribution < -0.4 is 14.8 Å². The molecule has 1 aromatic rings. The standard InChI is InChI=1S/C8H8F2O2.C6H13N/c1-11-6-3-2-4-7(5-6)12-8(9)10;1-6-4-2-3-5-7-6/h2-5,8H,1H3;6-7H,2-5H2,1H3/t;6-/m.1/s1. The summed E-state index contributed by atoms with van der Waals surface area (Å²) in [5.41, 5.74) is 0. The van der Waals surface area contributed by atoms with Crippen LogP contribution in [0.1, 0.15) is 26.2 Å². The van der Waals surface area contributed by atoms with Gasteiger partial charge in [-0.3, -0.25) is 0 Å². The Bertz CT molecular complexity index is 355. The number of halogens is 2. The first-order valence-electron chi connectivity index (χ1n) is 6.44. The summed E-state index contributed by atoms with van der Waals surface area (Å²) >= 11 is 0. The summed E-state index contributed by atoms with van der Waals surface area (Å²) in [4.78, 5) is 0. The quantitative estimate of drug-likeness (QED) is 0.915. The number of hydrogen-bond donors (Lipinski definition) is 1. The highest BCUT2D eigenvalue weighted by atomic mass is 19.3. The minimum atomic E-state index is -2.79. The van der Waals surface area contributed by atoms with Gasteiger partial charge in [-0.05, 0) is 38.4 Å². The average Bonchev–Trinajstić information content (AvgIpc) is 2.40. The SMILES string of the molecule is COc1cccc(OC(F)F)c1.C[C@@H]1CCCCN1. The first-order chi connectivity index (χ1) is 9.11. The molecule has 0 aromatic heterocycles. The average molecular weight is 273 g/mol. The number of benzene rings is 1. The van der Waals surface area contributed by atoms with E-state index in [0.29, 0.717) is 5.75 Å². The molecule has 1 fully saturated rings. The number of ether oxygens (including phenoxy) is 2. The fraction of sp³-hybridized carbons (Fsp3) is 0.571. The van der Waals surface area contributed by atoms with E-state index in [1.165, 1.54) is 45.0 Å². The molecule has 0 saturated carbocycles. The Morgan fingerprint density at radius 1 is 1.26 bits per heavy atom. The van der Waals surface area contributed by atoms with Gasteiger partial charge in [0.15, 0.2) is 0 Å². The van der Waals surface area contributed by atoms with Crippen molar-refractivity contribution in [3.63, 3.8) is 0 Å². The van der Waals surface area contributed by atoms with E-state index in [-0.39, 0.29) is 5.75 Å². The predicted molar refractivity (Wildman–Crippen MR) is 70.9 cm³/mol. The van der Waals surface area contributed by atoms with Gasteiger partial charge in [0, 0.05) is 12.1 Å². The number of nitrogens with one attached hydrogen (secondary N) is 1. The fourth-order valence-corrected chi connectivity index (χ4v) is 1.80. The van der Waals surface area contributed by atoms with E-state index in [4.69, 9.17) is 4.74 Å². The molecule has 0 radical (unpaired) electrons. The largest absolute Gasteiger partial charge is 0.497 e. The second-order valence-corrected chi connectivity index (χ2v) is 4.41. The van der Waals surface area contributed by atoms with Crippen LogP contribution in [0.15, 0.2) is 24.3 Å². The molecule has 0 aliphatic carbocycles. The third-order valence-electron chi connectivity index (χ3n) is 2.82. The number of methoxy groups -OCH3 is 1. The second-order valence-electron chi connectivity index (χ2n) is 4.41. The van der Waals surface area contributed by atoms with E-state index < -0.39 is 6.61 Å². The van der Waals surface area contributed by atoms with Crippen molar-refractivity contribution in [3.8, 4) is 11.5 Å². The van der Waals surface area contributed by atoms with Gasteiger partial charge in [-0.15, -0.1) is 0 Å². The van der Waals surface area contributed by atoms with Crippen molar-refractivity contribution >= 4 is 0 Å². The van der Waals surface area contributed by atoms with Crippen LogP contribution in [0.3, 0.4) is 0 Å². The van der Waals surface area contributed by atoms with Crippen molar-refractivity contribution in [3.05, 3.63) is 24.3 Å². The van der Waals surface area contributed by atoms with E-state index in [1.54, 1.807) is 12.1 Å². The van der Waals surface area contributed by atoms with Crippen molar-refractivity contribution in [2.45, 2.75) is 38.8 Å². The lowest BCUT2D eigenvalue weighted by Crippen LogP contribution is -2.30. The topological polar surface area (TPSA) is 30.5 Å². The molecule has 5 heteroatoms. The molecule has 0 amide bonds. The summed E-state index contributed by atoms with van der Waals surface area (Å²) in [6.45, 7) is 0.692. The maximum atomic E-state index is 11.7. The Labute approximate surface area is 112 Å². The maximum absolute atomic E-state index is 11.7. The Morgan fingerprint density at radius 3 is 2.47 bits per heavy atom. The molecule has 0 unspecified atom stereocenters. The van der Waals surface area contributed by atoms with Gasteiger partial charge in [-0.1, -0.05) is 12.5 Å². The summed E-state index contributed by atoms with van der Waals surface area (Å²) in [6, 6.07) is 6.85. The smallest absolute Gasteiger partial charge is 0.387 e. The summed E-state index contributed by atoms with van der Waals surface area (Å²) in [6.07, 6.45) is 4.18. The van der Waals surface area contributed by atoms with E-state index in [0.717, 1.165) is 6.04 Å². The highest BCUT2D eigenvalue weighted by Gasteiger charge is 2.04. The molecule has 1 N–H and O–H groups in total. The lowest BCUT2D eigenvalue weighted by molar-refractivity contribution is -0.0499. The molecule has 1 saturated heterocycles. The van der Waals surface area contributed by atoms with E-state index >= 15 is 0 Å². The predicted octanol–water partition coefficient (Wildman–Crippen LogP) is 3.45. The Morgan fingerprint density at radius 2 is 2.00 bits per heavy atom. The second kappa shape index (κ2) is 8.69. The van der Waals surface area contributed by atoms with Crippen LogP contribution >= 0.6 is 0 Å². The monoisotopic (exact) mass is 273 g/mol. The van der Waals surface area contributed by atoms with Gasteiger partial charge in [0.2, 0.25) is 0 Å². The van der Waals surface area contributed by atoms with E-state index in [9.17, 15) is 8.78 Å². The zero-order valence-corrected chi connectivity index (χ0v) is 11.4. The third-order valence-corrected chi connectivity index (χ3v) is 2.82. The number of hydrogen-bond acceptors (Lipinski definition) is 3. The molecule has 1 aromatic carbocycles. The summed E-state index contributed by atoms with van der Waals surface area (Å²) in [7, 11) is 1.46. The first kappa shape index (κ1) is 15.7. The molecule has 108 valence electrons. The number of alkyl halides is 2. The van der Waals surface area contributed by atoms with Gasteiger partial charge in [-0.2, -0.15) is 8.78 Å². The molecule has 0 spiro atoms. The zero-order chi connectivity index (χ0) is 14.1. The highest BCUT2D eigenvalue weighted by Crippen LogP contribution is 2.20. The minimum Gasteiger partial charge on any atom is -0.497 e. The van der Waals surface area contributed by atoms with Crippen LogP contribution in [0.4, 0.5) is 8.78 Å². The van der Waals surface area contributed by atoms with Crippen molar-refractivity contribution in [1.82, 2.24) is 5.32 Å². The number of rotatable bonds is 3. The molecular formula is C14H21F2NO2. The normalized spacial score (nSPS) is 18.5. The van der Waals surface area contributed by atoms with Crippen LogP contribution in [0.2, 0.25) is 0 Å². The van der Waals surface area contributed by atoms with Gasteiger partial charge < -0.3 is 14.8 Å². The summed E-state index contributed by atoms with van der Waals surface area (Å²) in [5, 5.41) is 3.38. The molecule has 1 aliphatic rings. The van der Waals surface area contributed by atoms with Crippen molar-refractivity contribution < 1.29 is 18.3 Å². The molecule has 1 aliphatic heterocycles. The molecule has 19 heavy (non-hydrogen) atoms. The molecule has 0 bridgehead atoms. The van der Waals surface area contributed by atoms with Crippen LogP contribution in [-0.2, 0) is 0 Å². The summed E-state index contributed by atoms with van der Waals surface area (Å²) in [5.74, 6) is 0.595. The molecule has 1 atom stereocenters. The van der Waals surface area contributed by atoms with Crippen molar-refractivity contribution in [1.29, 1.82) is 0 Å². The third kappa shape index (κ3) is 6.96. The van der Waals surface area contributed by atoms with Crippen LogP contribution in [0.5, 0.6) is 11.5 Å². The zero-order valence-electron chi connectivity index (χ0n) is 11.4. The lowest BCUT2D eigenvalue weighted by Gasteiger charge is -2.18. The Balaban J connectivity index is 0.000000218. The van der Waals surface area contributed by atoms with Crippen LogP contribution in [0.25, 0.3) is 0 Å². The van der Waals surface area contributed by atoms with E-state index in [2.05, 4.69) is 17.0 Å². The van der Waals surface area contributed by atoms with Crippen LogP contribution in [-0.4, -0.2) is 26.3 Å². The Kier molecular flexibility index (Phi) is 7.18. The van der Waals surface area contributed by atoms with Gasteiger partial charge >= 0.3 is 6.61 Å². The first-order valence-corrected chi connectivity index (χ1v) is 6.44. The fourth-order valence-electron chi connectivity index (χ4n) is 1.80. The molecule has 1 heterocycles. The minimum absolute atomic E-state index is 0.101. The van der Waals surface area contributed by atoms with Crippen LogP contribution in [0, 0.1) is 0 Å². The Hall–Kier alpha value is -1.36. The van der Waals surface area contributed by atoms with E-state index in [1.807, 2.05) is 0 Å². The van der Waals surface area contributed by atoms with Crippen molar-refractivity contribution in [2.24, 2.45) is 0 Å². The maximum Gasteiger partial charge on any atom is 0.387 e. The summed E-state index contributed by atoms with van der Waals surface area (Å²) < 4.78 is 32.3. The number of piperidine rings is 1. The van der Waals surface area contributed by atoms with Gasteiger partial charge in [0.25, 0.3) is 0 Å². The van der Waals surface area contributed by atoms with Crippen molar-refractivity contribution in [2.75, 3.05) is 13.7 Å². The molecule has 3 nitrogen and oxygen atoms in total. The molecular weight excluding hydrogens is 252 g/mol. The lowest BCUT2D eigenvalue weighted by atomic mass is 10.1. The van der Waals surface area contributed by atoms with Gasteiger partial charge in [-0.25, -0.2) is 0 Å². The van der Waals surface area contributed by atoms with Gasteiger partial charge in [0.05, 0.1) is 7.11 Å². The molecule has 2 rings (SSSR count).